The summed E-state index contributed by atoms with van der Waals surface area (Å²) in [6.45, 7) is 2.19. The number of aromatic nitrogens is 1. The van der Waals surface area contributed by atoms with Crippen molar-refractivity contribution >= 4 is 35.3 Å². The molecule has 0 saturated carbocycles. The predicted octanol–water partition coefficient (Wildman–Crippen LogP) is 2.39. The summed E-state index contributed by atoms with van der Waals surface area (Å²) in [6.07, 6.45) is 2.45. The molecule has 24 heavy (non-hydrogen) atoms. The van der Waals surface area contributed by atoms with Gasteiger partial charge in [0.05, 0.1) is 11.9 Å². The highest BCUT2D eigenvalue weighted by Crippen LogP contribution is 2.18. The van der Waals surface area contributed by atoms with Gasteiger partial charge in [0.15, 0.2) is 0 Å². The van der Waals surface area contributed by atoms with E-state index in [1.54, 1.807) is 34.2 Å². The number of hydrogen-bond acceptors (Lipinski definition) is 4. The molecule has 2 heterocycles. The number of carbonyl (C=O) groups excluding carboxylic acids is 2. The zero-order chi connectivity index (χ0) is 16.9. The molecule has 124 valence electrons. The van der Waals surface area contributed by atoms with E-state index in [4.69, 9.17) is 11.6 Å². The van der Waals surface area contributed by atoms with Gasteiger partial charge in [0.2, 0.25) is 6.41 Å². The topological polar surface area (TPSA) is 65.5 Å². The standard InChI is InChI=1S/C17H17ClN4O2/c18-13-1-3-14(4-2-13)20-15-5-6-16(19-11-15)17(24)22-9-7-21(12-23)8-10-22/h1-6,11-12,20H,7-10H2. The Bertz CT molecular complexity index is 710. The number of benzene rings is 1. The fourth-order valence-corrected chi connectivity index (χ4v) is 2.61. The van der Waals surface area contributed by atoms with Crippen LogP contribution in [0.1, 0.15) is 10.5 Å². The molecule has 0 radical (unpaired) electrons. The Morgan fingerprint density at radius 2 is 1.71 bits per heavy atom. The average Bonchev–Trinajstić information content (AvgIpc) is 2.64. The number of halogens is 1. The molecule has 1 N–H and O–H groups in total. The third kappa shape index (κ3) is 3.83. The van der Waals surface area contributed by atoms with Gasteiger partial charge in [-0.25, -0.2) is 4.98 Å². The molecule has 1 aliphatic rings. The van der Waals surface area contributed by atoms with Crippen molar-refractivity contribution in [3.63, 3.8) is 0 Å². The van der Waals surface area contributed by atoms with E-state index in [0.717, 1.165) is 17.8 Å². The number of nitrogens with zero attached hydrogens (tertiary/aromatic N) is 3. The van der Waals surface area contributed by atoms with Crippen LogP contribution in [0.3, 0.4) is 0 Å². The van der Waals surface area contributed by atoms with Gasteiger partial charge in [0.25, 0.3) is 5.91 Å². The molecule has 1 aliphatic heterocycles. The van der Waals surface area contributed by atoms with Crippen LogP contribution in [-0.2, 0) is 4.79 Å². The predicted molar refractivity (Wildman–Crippen MR) is 92.5 cm³/mol. The normalized spacial score (nSPS) is 14.4. The Morgan fingerprint density at radius 1 is 1.04 bits per heavy atom. The first-order valence-corrected chi connectivity index (χ1v) is 8.01. The number of amides is 2. The first kappa shape index (κ1) is 16.3. The van der Waals surface area contributed by atoms with E-state index in [1.165, 1.54) is 0 Å². The molecular formula is C17H17ClN4O2. The van der Waals surface area contributed by atoms with Crippen molar-refractivity contribution < 1.29 is 9.59 Å². The van der Waals surface area contributed by atoms with Crippen LogP contribution >= 0.6 is 11.6 Å². The Balaban J connectivity index is 1.62. The summed E-state index contributed by atoms with van der Waals surface area (Å²) >= 11 is 5.86. The van der Waals surface area contributed by atoms with Crippen molar-refractivity contribution in [1.29, 1.82) is 0 Å². The van der Waals surface area contributed by atoms with E-state index in [-0.39, 0.29) is 5.91 Å². The second kappa shape index (κ2) is 7.31. The van der Waals surface area contributed by atoms with Crippen LogP contribution in [0, 0.1) is 0 Å². The van der Waals surface area contributed by atoms with Crippen LogP contribution in [0.25, 0.3) is 0 Å². The largest absolute Gasteiger partial charge is 0.354 e. The number of piperazine rings is 1. The lowest BCUT2D eigenvalue weighted by Gasteiger charge is -2.32. The van der Waals surface area contributed by atoms with Crippen LogP contribution in [0.5, 0.6) is 0 Å². The second-order valence-corrected chi connectivity index (χ2v) is 5.93. The minimum absolute atomic E-state index is 0.112. The molecule has 0 spiro atoms. The third-order valence-electron chi connectivity index (χ3n) is 3.87. The van der Waals surface area contributed by atoms with Crippen LogP contribution < -0.4 is 5.32 Å². The van der Waals surface area contributed by atoms with Crippen molar-refractivity contribution in [2.75, 3.05) is 31.5 Å². The molecular weight excluding hydrogens is 328 g/mol. The lowest BCUT2D eigenvalue weighted by Crippen LogP contribution is -2.48. The number of nitrogens with one attached hydrogen (secondary N) is 1. The van der Waals surface area contributed by atoms with Gasteiger partial charge in [-0.3, -0.25) is 9.59 Å². The maximum atomic E-state index is 12.4. The van der Waals surface area contributed by atoms with E-state index < -0.39 is 0 Å². The minimum Gasteiger partial charge on any atom is -0.354 e. The van der Waals surface area contributed by atoms with Crippen LogP contribution in [0.4, 0.5) is 11.4 Å². The summed E-state index contributed by atoms with van der Waals surface area (Å²) < 4.78 is 0. The van der Waals surface area contributed by atoms with Crippen LogP contribution in [0.2, 0.25) is 5.02 Å². The van der Waals surface area contributed by atoms with Gasteiger partial charge >= 0.3 is 0 Å². The van der Waals surface area contributed by atoms with E-state index in [2.05, 4.69) is 10.3 Å². The second-order valence-electron chi connectivity index (χ2n) is 5.50. The summed E-state index contributed by atoms with van der Waals surface area (Å²) in [5.74, 6) is -0.112. The van der Waals surface area contributed by atoms with Gasteiger partial charge in [-0.2, -0.15) is 0 Å². The Labute approximate surface area is 145 Å². The highest BCUT2D eigenvalue weighted by molar-refractivity contribution is 6.30. The Morgan fingerprint density at radius 3 is 2.29 bits per heavy atom. The van der Waals surface area contributed by atoms with Crippen molar-refractivity contribution in [3.8, 4) is 0 Å². The fraction of sp³-hybridized carbons (Fsp3) is 0.235. The first-order chi connectivity index (χ1) is 11.7. The van der Waals surface area contributed by atoms with Gasteiger partial charge in [-0.15, -0.1) is 0 Å². The summed E-state index contributed by atoms with van der Waals surface area (Å²) in [5.41, 5.74) is 2.08. The number of carbonyl (C=O) groups is 2. The zero-order valence-corrected chi connectivity index (χ0v) is 13.7. The molecule has 0 atom stereocenters. The van der Waals surface area contributed by atoms with Gasteiger partial charge < -0.3 is 15.1 Å². The number of rotatable bonds is 4. The molecule has 7 heteroatoms. The summed E-state index contributed by atoms with van der Waals surface area (Å²) in [5, 5.41) is 3.87. The molecule has 2 aromatic rings. The molecule has 3 rings (SSSR count). The quantitative estimate of drug-likeness (QED) is 0.865. The van der Waals surface area contributed by atoms with Crippen LogP contribution in [-0.4, -0.2) is 53.3 Å². The molecule has 0 unspecified atom stereocenters. The van der Waals surface area contributed by atoms with Crippen molar-refractivity contribution in [2.45, 2.75) is 0 Å². The van der Waals surface area contributed by atoms with Gasteiger partial charge in [-0.1, -0.05) is 11.6 Å². The fourth-order valence-electron chi connectivity index (χ4n) is 2.49. The summed E-state index contributed by atoms with van der Waals surface area (Å²) in [6, 6.07) is 10.9. The van der Waals surface area contributed by atoms with E-state index in [1.807, 2.05) is 18.2 Å². The smallest absolute Gasteiger partial charge is 0.272 e. The molecule has 2 amide bonds. The molecule has 0 aliphatic carbocycles. The molecule has 1 aromatic heterocycles. The third-order valence-corrected chi connectivity index (χ3v) is 4.12. The maximum Gasteiger partial charge on any atom is 0.272 e. The maximum absolute atomic E-state index is 12.4. The molecule has 1 saturated heterocycles. The monoisotopic (exact) mass is 344 g/mol. The van der Waals surface area contributed by atoms with E-state index in [9.17, 15) is 9.59 Å². The molecule has 0 bridgehead atoms. The number of anilines is 2. The van der Waals surface area contributed by atoms with Crippen molar-refractivity contribution in [1.82, 2.24) is 14.8 Å². The highest BCUT2D eigenvalue weighted by Gasteiger charge is 2.22. The lowest BCUT2D eigenvalue weighted by molar-refractivity contribution is -0.119. The number of pyridine rings is 1. The van der Waals surface area contributed by atoms with Crippen molar-refractivity contribution in [3.05, 3.63) is 53.3 Å². The molecule has 1 fully saturated rings. The zero-order valence-electron chi connectivity index (χ0n) is 13.0. The highest BCUT2D eigenvalue weighted by atomic mass is 35.5. The lowest BCUT2D eigenvalue weighted by atomic mass is 10.2. The molecule has 1 aromatic carbocycles. The SMILES string of the molecule is O=CN1CCN(C(=O)c2ccc(Nc3ccc(Cl)cc3)cn2)CC1. The summed E-state index contributed by atoms with van der Waals surface area (Å²) in [7, 11) is 0. The van der Waals surface area contributed by atoms with Crippen LogP contribution in [0.15, 0.2) is 42.6 Å². The van der Waals surface area contributed by atoms with Crippen molar-refractivity contribution in [2.24, 2.45) is 0 Å². The van der Waals surface area contributed by atoms with Gasteiger partial charge in [0, 0.05) is 36.9 Å². The molecule has 6 nitrogen and oxygen atoms in total. The van der Waals surface area contributed by atoms with Gasteiger partial charge in [-0.05, 0) is 36.4 Å². The average molecular weight is 345 g/mol. The van der Waals surface area contributed by atoms with Gasteiger partial charge in [0.1, 0.15) is 5.69 Å². The Hall–Kier alpha value is -2.60. The van der Waals surface area contributed by atoms with E-state index in [0.29, 0.717) is 36.9 Å². The number of hydrogen-bond donors (Lipinski definition) is 1. The summed E-state index contributed by atoms with van der Waals surface area (Å²) in [4.78, 5) is 30.8. The first-order valence-electron chi connectivity index (χ1n) is 7.63. The minimum atomic E-state index is -0.112. The van der Waals surface area contributed by atoms with E-state index >= 15 is 0 Å². The Kier molecular flexibility index (Phi) is 4.96.